The molecule has 0 fully saturated rings. The first-order valence-corrected chi connectivity index (χ1v) is 0.494. The van der Waals surface area contributed by atoms with Gasteiger partial charge in [0.15, 0.2) is 0 Å². The first-order valence-electron chi connectivity index (χ1n) is 0.494. The molecule has 0 unspecified atom stereocenters. The summed E-state index contributed by atoms with van der Waals surface area (Å²) in [7, 11) is 0. The molecule has 0 rings (SSSR count). The zero-order valence-corrected chi connectivity index (χ0v) is 2.14. The van der Waals surface area contributed by atoms with Gasteiger partial charge in [-0.2, -0.15) is 0 Å². The summed E-state index contributed by atoms with van der Waals surface area (Å²) in [5.41, 5.74) is 0. The van der Waals surface area contributed by atoms with E-state index in [4.69, 9.17) is 9.90 Å². The fraction of sp³-hybridized carbons (Fsp3) is 0. The van der Waals surface area contributed by atoms with Crippen molar-refractivity contribution in [2.75, 3.05) is 0 Å². The van der Waals surface area contributed by atoms with Crippen LogP contribution in [0.3, 0.4) is 0 Å². The normalized spacial score (nSPS) is 3.00. The molecule has 0 spiro atoms. The quantitative estimate of drug-likeness (QED) is 0.384. The number of rotatable bonds is 0. The molecule has 0 bridgehead atoms. The summed E-state index contributed by atoms with van der Waals surface area (Å²) in [6.45, 7) is -0.250. The van der Waals surface area contributed by atoms with Gasteiger partial charge in [0, 0.05) is 0 Å². The van der Waals surface area contributed by atoms with Crippen LogP contribution >= 0.6 is 0 Å². The summed E-state index contributed by atoms with van der Waals surface area (Å²) < 4.78 is 0. The first kappa shape index (κ1) is 9.90. The SMILES string of the molecule is N.O=CO. The van der Waals surface area contributed by atoms with Crippen LogP contribution in [0.5, 0.6) is 0 Å². The third-order valence-electron chi connectivity index (χ3n) is 0. The Labute approximate surface area is 23.8 Å². The maximum atomic E-state index is 8.36. The molecule has 0 aromatic rings. The lowest BCUT2D eigenvalue weighted by Gasteiger charge is -1.34. The topological polar surface area (TPSA) is 72.3 Å². The van der Waals surface area contributed by atoms with E-state index >= 15 is 0 Å². The monoisotopic (exact) mass is 63.0 g/mol. The third-order valence-corrected chi connectivity index (χ3v) is 0. The molecule has 0 amide bonds. The largest absolute Gasteiger partial charge is 0.483 e. The lowest BCUT2D eigenvalue weighted by molar-refractivity contribution is -0.122. The highest BCUT2D eigenvalue weighted by atomic mass is 16.3. The van der Waals surface area contributed by atoms with Crippen molar-refractivity contribution in [1.29, 1.82) is 0 Å². The molecule has 0 heterocycles. The molecule has 0 radical (unpaired) electrons. The molecular weight excluding hydrogens is 58.0 g/mol. The number of hydrogen-bond acceptors (Lipinski definition) is 2. The summed E-state index contributed by atoms with van der Waals surface area (Å²) in [6, 6.07) is 0. The fourth-order valence-electron chi connectivity index (χ4n) is 0. The number of carboxylic acid groups (broad SMARTS) is 1. The van der Waals surface area contributed by atoms with Gasteiger partial charge in [0.1, 0.15) is 0 Å². The van der Waals surface area contributed by atoms with E-state index in [2.05, 4.69) is 0 Å². The first-order chi connectivity index (χ1) is 1.41. The molecule has 0 aliphatic rings. The zero-order valence-electron chi connectivity index (χ0n) is 2.14. The van der Waals surface area contributed by atoms with Crippen LogP contribution in [0.2, 0.25) is 0 Å². The highest BCUT2D eigenvalue weighted by Gasteiger charge is 1.22. The van der Waals surface area contributed by atoms with Crippen molar-refractivity contribution in [3.63, 3.8) is 0 Å². The number of carbonyl (C=O) groups is 1. The molecule has 0 atom stereocenters. The lowest BCUT2D eigenvalue weighted by Crippen LogP contribution is -1.49. The predicted molar refractivity (Wildman–Crippen MR) is 13.7 cm³/mol. The van der Waals surface area contributed by atoms with Gasteiger partial charge in [0.25, 0.3) is 6.47 Å². The second-order valence-corrected chi connectivity index (χ2v) is 0.105. The average molecular weight is 63.1 g/mol. The Kier molecular flexibility index (Phi) is 66.5. The Morgan fingerprint density at radius 1 is 1.75 bits per heavy atom. The third kappa shape index (κ3) is 0.814. The van der Waals surface area contributed by atoms with E-state index in [0.29, 0.717) is 0 Å². The van der Waals surface area contributed by atoms with E-state index in [1.165, 1.54) is 0 Å². The minimum atomic E-state index is -0.250. The van der Waals surface area contributed by atoms with Crippen LogP contribution in [-0.2, 0) is 4.79 Å². The van der Waals surface area contributed by atoms with Crippen molar-refractivity contribution in [3.05, 3.63) is 0 Å². The highest BCUT2D eigenvalue weighted by Crippen LogP contribution is 0.966. The molecule has 26 valence electrons. The number of hydrogen-bond donors (Lipinski definition) is 2. The lowest BCUT2D eigenvalue weighted by atomic mass is 11.7. The van der Waals surface area contributed by atoms with Gasteiger partial charge in [-0.15, -0.1) is 0 Å². The van der Waals surface area contributed by atoms with Crippen LogP contribution < -0.4 is 6.15 Å². The summed E-state index contributed by atoms with van der Waals surface area (Å²) >= 11 is 0. The predicted octanol–water partition coefficient (Wildman–Crippen LogP) is -0.137. The van der Waals surface area contributed by atoms with Crippen LogP contribution in [0, 0.1) is 0 Å². The van der Waals surface area contributed by atoms with Gasteiger partial charge in [-0.1, -0.05) is 0 Å². The van der Waals surface area contributed by atoms with E-state index in [-0.39, 0.29) is 12.6 Å². The van der Waals surface area contributed by atoms with Crippen molar-refractivity contribution in [3.8, 4) is 0 Å². The Morgan fingerprint density at radius 3 is 1.75 bits per heavy atom. The summed E-state index contributed by atoms with van der Waals surface area (Å²) in [4.78, 5) is 8.36. The average Bonchev–Trinajstić information content (AvgIpc) is 0.918. The van der Waals surface area contributed by atoms with E-state index in [1.807, 2.05) is 0 Å². The summed E-state index contributed by atoms with van der Waals surface area (Å²) in [5.74, 6) is 0. The van der Waals surface area contributed by atoms with E-state index in [9.17, 15) is 0 Å². The van der Waals surface area contributed by atoms with Gasteiger partial charge in [0.05, 0.1) is 0 Å². The molecule has 0 aromatic carbocycles. The van der Waals surface area contributed by atoms with E-state index in [0.717, 1.165) is 0 Å². The second kappa shape index (κ2) is 26.9. The molecule has 0 saturated heterocycles. The molecule has 3 heteroatoms. The highest BCUT2D eigenvalue weighted by molar-refractivity contribution is 5.32. The second-order valence-electron chi connectivity index (χ2n) is 0.105. The summed E-state index contributed by atoms with van der Waals surface area (Å²) in [6.07, 6.45) is 0. The van der Waals surface area contributed by atoms with Gasteiger partial charge >= 0.3 is 0 Å². The Balaban J connectivity index is 0. The van der Waals surface area contributed by atoms with E-state index in [1.54, 1.807) is 0 Å². The summed E-state index contributed by atoms with van der Waals surface area (Å²) in [5, 5.41) is 6.89. The molecule has 4 heavy (non-hydrogen) atoms. The van der Waals surface area contributed by atoms with Crippen LogP contribution in [0.4, 0.5) is 0 Å². The molecule has 4 N–H and O–H groups in total. The molecule has 0 aliphatic heterocycles. The molecule has 0 saturated carbocycles. The van der Waals surface area contributed by atoms with Crippen molar-refractivity contribution in [2.24, 2.45) is 0 Å². The van der Waals surface area contributed by atoms with Gasteiger partial charge in [-0.05, 0) is 0 Å². The minimum Gasteiger partial charge on any atom is -0.483 e. The van der Waals surface area contributed by atoms with Crippen LogP contribution in [0.1, 0.15) is 0 Å². The van der Waals surface area contributed by atoms with Crippen LogP contribution in [0.15, 0.2) is 0 Å². The van der Waals surface area contributed by atoms with Gasteiger partial charge < -0.3 is 11.3 Å². The Hall–Kier alpha value is -0.570. The van der Waals surface area contributed by atoms with E-state index < -0.39 is 0 Å². The molecule has 0 aliphatic carbocycles. The van der Waals surface area contributed by atoms with Crippen molar-refractivity contribution < 1.29 is 9.90 Å². The minimum absolute atomic E-state index is 0. The van der Waals surface area contributed by atoms with Crippen molar-refractivity contribution in [2.45, 2.75) is 0 Å². The molecule has 3 nitrogen and oxygen atoms in total. The molecule has 0 aromatic heterocycles. The maximum Gasteiger partial charge on any atom is 0.290 e. The van der Waals surface area contributed by atoms with Gasteiger partial charge in [-0.25, -0.2) is 0 Å². The van der Waals surface area contributed by atoms with Crippen LogP contribution in [0.25, 0.3) is 0 Å². The van der Waals surface area contributed by atoms with Crippen molar-refractivity contribution in [1.82, 2.24) is 6.15 Å². The van der Waals surface area contributed by atoms with Crippen molar-refractivity contribution >= 4 is 6.47 Å². The van der Waals surface area contributed by atoms with Crippen LogP contribution in [-0.4, -0.2) is 11.6 Å². The smallest absolute Gasteiger partial charge is 0.290 e. The zero-order chi connectivity index (χ0) is 2.71. The maximum absolute atomic E-state index is 8.36. The Bertz CT molecular complexity index is 13.5. The standard InChI is InChI=1S/CH2O2.H3N/c2-1-3;/h1H,(H,2,3);1H3. The fourth-order valence-corrected chi connectivity index (χ4v) is 0. The van der Waals surface area contributed by atoms with Gasteiger partial charge in [0.2, 0.25) is 0 Å². The molecular formula is CH5NO2. The Morgan fingerprint density at radius 2 is 1.75 bits per heavy atom. The van der Waals surface area contributed by atoms with Gasteiger partial charge in [-0.3, -0.25) is 4.79 Å².